The first-order valence-electron chi connectivity index (χ1n) is 7.69. The molecule has 1 fully saturated rings. The molecular weight excluding hydrogens is 342 g/mol. The Morgan fingerprint density at radius 3 is 2.64 bits per heavy atom. The van der Waals surface area contributed by atoms with Crippen molar-refractivity contribution in [1.82, 2.24) is 9.97 Å². The topological polar surface area (TPSA) is 38.2 Å². The molecule has 1 aliphatic rings. The number of hydrogen-bond donors (Lipinski definition) is 0. The highest BCUT2D eigenvalue weighted by atomic mass is 79.9. The van der Waals surface area contributed by atoms with E-state index < -0.39 is 0 Å². The number of rotatable bonds is 5. The molecular formula is C17H20BrN3O. The summed E-state index contributed by atoms with van der Waals surface area (Å²) in [6, 6.07) is 7.98. The summed E-state index contributed by atoms with van der Waals surface area (Å²) in [6.07, 6.45) is 5.95. The second-order valence-electron chi connectivity index (χ2n) is 5.61. The van der Waals surface area contributed by atoms with Crippen molar-refractivity contribution in [2.75, 3.05) is 24.6 Å². The van der Waals surface area contributed by atoms with Gasteiger partial charge in [-0.25, -0.2) is 9.97 Å². The summed E-state index contributed by atoms with van der Waals surface area (Å²) < 4.78 is 6.95. The third-order valence-electron chi connectivity index (χ3n) is 3.97. The van der Waals surface area contributed by atoms with Gasteiger partial charge in [0.05, 0.1) is 6.61 Å². The van der Waals surface area contributed by atoms with Crippen molar-refractivity contribution in [2.24, 2.45) is 5.92 Å². The van der Waals surface area contributed by atoms with E-state index in [0.29, 0.717) is 5.92 Å². The van der Waals surface area contributed by atoms with Crippen LogP contribution >= 0.6 is 15.9 Å². The monoisotopic (exact) mass is 361 g/mol. The Morgan fingerprint density at radius 1 is 1.23 bits per heavy atom. The maximum atomic E-state index is 5.88. The van der Waals surface area contributed by atoms with Crippen LogP contribution in [0, 0.1) is 5.92 Å². The second-order valence-corrected chi connectivity index (χ2v) is 6.53. The molecule has 0 bridgehead atoms. The normalized spacial score (nSPS) is 17.7. The minimum Gasteiger partial charge on any atom is -0.493 e. The Kier molecular flexibility index (Phi) is 4.93. The smallest absolute Gasteiger partial charge is 0.225 e. The van der Waals surface area contributed by atoms with E-state index in [2.05, 4.69) is 37.7 Å². The number of hydrogen-bond acceptors (Lipinski definition) is 4. The first kappa shape index (κ1) is 15.3. The molecule has 2 aromatic rings. The lowest BCUT2D eigenvalue weighted by atomic mass is 10.1. The van der Waals surface area contributed by atoms with Crippen LogP contribution in [-0.2, 0) is 6.42 Å². The van der Waals surface area contributed by atoms with Gasteiger partial charge in [0, 0.05) is 35.9 Å². The van der Waals surface area contributed by atoms with E-state index in [0.717, 1.165) is 48.7 Å². The van der Waals surface area contributed by atoms with Crippen LogP contribution in [0.1, 0.15) is 18.9 Å². The van der Waals surface area contributed by atoms with Crippen molar-refractivity contribution < 1.29 is 4.74 Å². The largest absolute Gasteiger partial charge is 0.493 e. The molecule has 0 aliphatic carbocycles. The van der Waals surface area contributed by atoms with Crippen LogP contribution in [0.15, 0.2) is 41.1 Å². The van der Waals surface area contributed by atoms with Crippen molar-refractivity contribution in [3.05, 3.63) is 46.7 Å². The van der Waals surface area contributed by atoms with Gasteiger partial charge in [-0.2, -0.15) is 0 Å². The summed E-state index contributed by atoms with van der Waals surface area (Å²) in [4.78, 5) is 11.2. The average molecular weight is 362 g/mol. The van der Waals surface area contributed by atoms with Gasteiger partial charge in [-0.3, -0.25) is 0 Å². The predicted molar refractivity (Wildman–Crippen MR) is 91.4 cm³/mol. The third-order valence-corrected chi connectivity index (χ3v) is 4.50. The number of halogens is 1. The number of aryl methyl sites for hydroxylation is 1. The molecule has 1 atom stereocenters. The summed E-state index contributed by atoms with van der Waals surface area (Å²) in [6.45, 7) is 4.82. The number of anilines is 1. The highest BCUT2D eigenvalue weighted by Crippen LogP contribution is 2.22. The van der Waals surface area contributed by atoms with Crippen molar-refractivity contribution in [3.8, 4) is 5.75 Å². The Bertz CT molecular complexity index is 600. The van der Waals surface area contributed by atoms with Gasteiger partial charge in [0.2, 0.25) is 5.95 Å². The molecule has 22 heavy (non-hydrogen) atoms. The minimum absolute atomic E-state index is 0.526. The van der Waals surface area contributed by atoms with Gasteiger partial charge in [0.15, 0.2) is 0 Å². The van der Waals surface area contributed by atoms with Gasteiger partial charge in [-0.1, -0.05) is 22.9 Å². The molecule has 1 saturated heterocycles. The summed E-state index contributed by atoms with van der Waals surface area (Å²) >= 11 is 3.43. The first-order chi connectivity index (χ1) is 10.7. The molecule has 1 aromatic carbocycles. The number of ether oxygens (including phenoxy) is 1. The van der Waals surface area contributed by atoms with Gasteiger partial charge >= 0.3 is 0 Å². The van der Waals surface area contributed by atoms with Crippen LogP contribution in [-0.4, -0.2) is 29.7 Å². The van der Waals surface area contributed by atoms with E-state index in [-0.39, 0.29) is 0 Å². The number of nitrogens with zero attached hydrogens (tertiary/aromatic N) is 3. The zero-order valence-corrected chi connectivity index (χ0v) is 14.3. The molecule has 2 heterocycles. The molecule has 116 valence electrons. The average Bonchev–Trinajstić information content (AvgIpc) is 3.03. The second kappa shape index (κ2) is 7.09. The zero-order chi connectivity index (χ0) is 15.4. The van der Waals surface area contributed by atoms with Crippen LogP contribution in [0.5, 0.6) is 5.75 Å². The molecule has 0 radical (unpaired) electrons. The van der Waals surface area contributed by atoms with E-state index >= 15 is 0 Å². The maximum absolute atomic E-state index is 5.88. The van der Waals surface area contributed by atoms with Crippen molar-refractivity contribution in [1.29, 1.82) is 0 Å². The summed E-state index contributed by atoms with van der Waals surface area (Å²) in [7, 11) is 0. The van der Waals surface area contributed by atoms with Crippen LogP contribution in [0.25, 0.3) is 0 Å². The molecule has 3 rings (SSSR count). The van der Waals surface area contributed by atoms with Gasteiger partial charge in [-0.15, -0.1) is 0 Å². The van der Waals surface area contributed by atoms with E-state index in [9.17, 15) is 0 Å². The first-order valence-corrected chi connectivity index (χ1v) is 8.48. The van der Waals surface area contributed by atoms with Crippen LogP contribution in [0.4, 0.5) is 5.95 Å². The Balaban J connectivity index is 1.52. The van der Waals surface area contributed by atoms with Gasteiger partial charge in [-0.05, 0) is 42.7 Å². The number of aromatic nitrogens is 2. The molecule has 1 unspecified atom stereocenters. The molecule has 1 aliphatic heterocycles. The fourth-order valence-corrected chi connectivity index (χ4v) is 2.85. The zero-order valence-electron chi connectivity index (χ0n) is 12.7. The molecule has 0 saturated carbocycles. The lowest BCUT2D eigenvalue weighted by Gasteiger charge is -2.16. The van der Waals surface area contributed by atoms with Crippen molar-refractivity contribution in [3.63, 3.8) is 0 Å². The standard InChI is InChI=1S/C17H20BrN3O/c1-2-13-9-19-17(20-10-13)21-8-7-14(11-21)12-22-16-5-3-15(18)4-6-16/h3-6,9-10,14H,2,7-8,11-12H2,1H3. The SMILES string of the molecule is CCc1cnc(N2CCC(COc3ccc(Br)cc3)C2)nc1. The van der Waals surface area contributed by atoms with Gasteiger partial charge in [0.1, 0.15) is 5.75 Å². The van der Waals surface area contributed by atoms with Crippen molar-refractivity contribution in [2.45, 2.75) is 19.8 Å². The van der Waals surface area contributed by atoms with E-state index in [1.165, 1.54) is 5.56 Å². The third kappa shape index (κ3) is 3.77. The molecule has 0 amide bonds. The van der Waals surface area contributed by atoms with Crippen molar-refractivity contribution >= 4 is 21.9 Å². The molecule has 5 heteroatoms. The van der Waals surface area contributed by atoms with Gasteiger partial charge < -0.3 is 9.64 Å². The highest BCUT2D eigenvalue weighted by molar-refractivity contribution is 9.10. The van der Waals surface area contributed by atoms with Crippen LogP contribution in [0.3, 0.4) is 0 Å². The summed E-state index contributed by atoms with van der Waals surface area (Å²) in [5, 5.41) is 0. The van der Waals surface area contributed by atoms with Crippen LogP contribution in [0.2, 0.25) is 0 Å². The van der Waals surface area contributed by atoms with Gasteiger partial charge in [0.25, 0.3) is 0 Å². The summed E-state index contributed by atoms with van der Waals surface area (Å²) in [5.74, 6) is 2.28. The lowest BCUT2D eigenvalue weighted by molar-refractivity contribution is 0.261. The van der Waals surface area contributed by atoms with E-state index in [4.69, 9.17) is 4.74 Å². The molecule has 0 spiro atoms. The Hall–Kier alpha value is -1.62. The maximum Gasteiger partial charge on any atom is 0.225 e. The Labute approximate surface area is 139 Å². The molecule has 1 aromatic heterocycles. The minimum atomic E-state index is 0.526. The van der Waals surface area contributed by atoms with Crippen LogP contribution < -0.4 is 9.64 Å². The molecule has 0 N–H and O–H groups in total. The highest BCUT2D eigenvalue weighted by Gasteiger charge is 2.24. The predicted octanol–water partition coefficient (Wildman–Crippen LogP) is 3.71. The van der Waals surface area contributed by atoms with E-state index in [1.54, 1.807) is 0 Å². The lowest BCUT2D eigenvalue weighted by Crippen LogP contribution is -2.23. The number of benzene rings is 1. The van der Waals surface area contributed by atoms with E-state index in [1.807, 2.05) is 36.7 Å². The fraction of sp³-hybridized carbons (Fsp3) is 0.412. The fourth-order valence-electron chi connectivity index (χ4n) is 2.59. The Morgan fingerprint density at radius 2 is 1.95 bits per heavy atom. The summed E-state index contributed by atoms with van der Waals surface area (Å²) in [5.41, 5.74) is 1.18. The quantitative estimate of drug-likeness (QED) is 0.813. The molecule has 4 nitrogen and oxygen atoms in total.